The Balaban J connectivity index is 1.68. The van der Waals surface area contributed by atoms with E-state index < -0.39 is 11.9 Å². The van der Waals surface area contributed by atoms with Gasteiger partial charge < -0.3 is 10.1 Å². The fourth-order valence-electron chi connectivity index (χ4n) is 3.92. The number of rotatable bonds is 5. The summed E-state index contributed by atoms with van der Waals surface area (Å²) in [6.45, 7) is 2.02. The Morgan fingerprint density at radius 2 is 1.94 bits per heavy atom. The monoisotopic (exact) mass is 430 g/mol. The van der Waals surface area contributed by atoms with Gasteiger partial charge in [0.05, 0.1) is 12.2 Å². The highest BCUT2D eigenvalue weighted by atomic mass is 32.1. The Hall–Kier alpha value is -3.43. The number of fused-ring (bicyclic) bond motifs is 2. The van der Waals surface area contributed by atoms with E-state index in [-0.39, 0.29) is 12.2 Å². The van der Waals surface area contributed by atoms with E-state index in [1.54, 1.807) is 13.0 Å². The summed E-state index contributed by atoms with van der Waals surface area (Å²) in [5.74, 6) is -0.951. The number of hydrogen-bond acceptors (Lipinski definition) is 5. The third-order valence-corrected chi connectivity index (χ3v) is 6.57. The predicted molar refractivity (Wildman–Crippen MR) is 123 cm³/mol. The number of anilines is 1. The number of carbonyl (C=O) groups excluding carboxylic acids is 2. The van der Waals surface area contributed by atoms with Crippen LogP contribution in [0.2, 0.25) is 0 Å². The fraction of sp³-hybridized carbons (Fsp3) is 0.240. The summed E-state index contributed by atoms with van der Waals surface area (Å²) < 4.78 is 5.24. The summed E-state index contributed by atoms with van der Waals surface area (Å²) in [4.78, 5) is 26.7. The van der Waals surface area contributed by atoms with Crippen molar-refractivity contribution in [2.24, 2.45) is 0 Å². The highest BCUT2D eigenvalue weighted by Gasteiger charge is 2.27. The smallest absolute Gasteiger partial charge is 0.341 e. The lowest BCUT2D eigenvalue weighted by Crippen LogP contribution is -2.16. The molecule has 0 radical (unpaired) electrons. The van der Waals surface area contributed by atoms with Crippen molar-refractivity contribution in [1.82, 2.24) is 0 Å². The largest absolute Gasteiger partial charge is 0.462 e. The second-order valence-corrected chi connectivity index (χ2v) is 8.43. The zero-order valence-electron chi connectivity index (χ0n) is 17.2. The molecule has 1 aromatic heterocycles. The topological polar surface area (TPSA) is 79.2 Å². The molecule has 0 atom stereocenters. The number of thiophene rings is 1. The van der Waals surface area contributed by atoms with Crippen molar-refractivity contribution in [1.29, 1.82) is 5.26 Å². The number of nitriles is 1. The van der Waals surface area contributed by atoms with Crippen molar-refractivity contribution in [3.63, 3.8) is 0 Å². The number of nitrogens with zero attached hydrogens (tertiary/aromatic N) is 1. The van der Waals surface area contributed by atoms with Crippen LogP contribution in [0.1, 0.15) is 46.1 Å². The fourth-order valence-corrected chi connectivity index (χ4v) is 5.20. The summed E-state index contributed by atoms with van der Waals surface area (Å²) in [5.41, 5.74) is 2.19. The van der Waals surface area contributed by atoms with E-state index in [0.29, 0.717) is 10.6 Å². The lowest BCUT2D eigenvalue weighted by Gasteiger charge is -2.12. The van der Waals surface area contributed by atoms with Crippen LogP contribution in [-0.2, 0) is 22.4 Å². The summed E-state index contributed by atoms with van der Waals surface area (Å²) in [7, 11) is 0. The highest BCUT2D eigenvalue weighted by Crippen LogP contribution is 2.38. The number of nitrogens with one attached hydrogen (secondary N) is 1. The average Bonchev–Trinajstić information content (AvgIpc) is 3.15. The van der Waals surface area contributed by atoms with E-state index in [4.69, 9.17) is 4.74 Å². The number of benzene rings is 2. The van der Waals surface area contributed by atoms with Gasteiger partial charge in [-0.05, 0) is 60.6 Å². The van der Waals surface area contributed by atoms with Crippen molar-refractivity contribution in [2.45, 2.75) is 32.6 Å². The minimum Gasteiger partial charge on any atom is -0.462 e. The molecule has 1 amide bonds. The first kappa shape index (κ1) is 20.8. The number of carbonyl (C=O) groups is 2. The first-order chi connectivity index (χ1) is 15.1. The number of hydrogen-bond donors (Lipinski definition) is 1. The van der Waals surface area contributed by atoms with Crippen LogP contribution in [0.3, 0.4) is 0 Å². The first-order valence-electron chi connectivity index (χ1n) is 10.3. The SMILES string of the molecule is CCOC(=O)c1c(NC(=O)/C(C#N)=C/c2cccc3ccccc23)sc2c1CCCC2. The second-order valence-electron chi connectivity index (χ2n) is 7.33. The molecule has 0 unspecified atom stereocenters. The summed E-state index contributed by atoms with van der Waals surface area (Å²) in [6.07, 6.45) is 5.35. The molecule has 1 N–H and O–H groups in total. The van der Waals surface area contributed by atoms with Gasteiger partial charge in [0.1, 0.15) is 16.6 Å². The molecule has 4 rings (SSSR count). The number of ether oxygens (including phenoxy) is 1. The molecule has 0 aliphatic heterocycles. The van der Waals surface area contributed by atoms with Crippen LogP contribution in [0.4, 0.5) is 5.00 Å². The molecule has 1 aliphatic rings. The molecule has 0 saturated carbocycles. The Morgan fingerprint density at radius 1 is 1.16 bits per heavy atom. The third-order valence-electron chi connectivity index (χ3n) is 5.37. The van der Waals surface area contributed by atoms with Crippen LogP contribution in [0.25, 0.3) is 16.8 Å². The number of aryl methyl sites for hydroxylation is 1. The van der Waals surface area contributed by atoms with Crippen molar-refractivity contribution >= 4 is 45.1 Å². The van der Waals surface area contributed by atoms with E-state index in [9.17, 15) is 14.9 Å². The number of esters is 1. The van der Waals surface area contributed by atoms with Crippen LogP contribution in [0.15, 0.2) is 48.0 Å². The summed E-state index contributed by atoms with van der Waals surface area (Å²) in [6, 6.07) is 15.6. The molecule has 0 spiro atoms. The number of amides is 1. The normalized spacial score (nSPS) is 13.4. The minimum atomic E-state index is -0.528. The van der Waals surface area contributed by atoms with E-state index in [0.717, 1.165) is 52.5 Å². The molecular formula is C25H22N2O3S. The molecule has 0 bridgehead atoms. The quantitative estimate of drug-likeness (QED) is 0.329. The van der Waals surface area contributed by atoms with E-state index in [1.807, 2.05) is 48.5 Å². The summed E-state index contributed by atoms with van der Waals surface area (Å²) in [5, 5.41) is 14.9. The maximum absolute atomic E-state index is 13.0. The van der Waals surface area contributed by atoms with Crippen molar-refractivity contribution in [3.05, 3.63) is 69.6 Å². The van der Waals surface area contributed by atoms with Crippen molar-refractivity contribution in [3.8, 4) is 6.07 Å². The van der Waals surface area contributed by atoms with Crippen LogP contribution in [0.5, 0.6) is 0 Å². The molecule has 31 heavy (non-hydrogen) atoms. The maximum Gasteiger partial charge on any atom is 0.341 e. The average molecular weight is 431 g/mol. The lowest BCUT2D eigenvalue weighted by molar-refractivity contribution is -0.112. The maximum atomic E-state index is 13.0. The van der Waals surface area contributed by atoms with E-state index in [2.05, 4.69) is 5.32 Å². The summed E-state index contributed by atoms with van der Waals surface area (Å²) >= 11 is 1.41. The Bertz CT molecular complexity index is 1230. The molecule has 6 heteroatoms. The molecule has 1 aliphatic carbocycles. The zero-order chi connectivity index (χ0) is 21.8. The zero-order valence-corrected chi connectivity index (χ0v) is 18.1. The molecule has 2 aromatic carbocycles. The van der Waals surface area contributed by atoms with Crippen molar-refractivity contribution in [2.75, 3.05) is 11.9 Å². The Labute approximate surface area is 185 Å². The minimum absolute atomic E-state index is 0.0162. The van der Waals surface area contributed by atoms with Gasteiger partial charge >= 0.3 is 5.97 Å². The Kier molecular flexibility index (Phi) is 6.15. The van der Waals surface area contributed by atoms with Gasteiger partial charge in [0, 0.05) is 4.88 Å². The van der Waals surface area contributed by atoms with Crippen LogP contribution in [0, 0.1) is 11.3 Å². The van der Waals surface area contributed by atoms with Crippen LogP contribution in [-0.4, -0.2) is 18.5 Å². The Morgan fingerprint density at radius 3 is 2.74 bits per heavy atom. The molecule has 5 nitrogen and oxygen atoms in total. The van der Waals surface area contributed by atoms with Gasteiger partial charge in [0.15, 0.2) is 0 Å². The highest BCUT2D eigenvalue weighted by molar-refractivity contribution is 7.17. The van der Waals surface area contributed by atoms with E-state index >= 15 is 0 Å². The molecule has 0 fully saturated rings. The van der Waals surface area contributed by atoms with Gasteiger partial charge in [-0.25, -0.2) is 4.79 Å². The van der Waals surface area contributed by atoms with Gasteiger partial charge in [-0.15, -0.1) is 11.3 Å². The third kappa shape index (κ3) is 4.23. The first-order valence-corrected chi connectivity index (χ1v) is 11.2. The van der Waals surface area contributed by atoms with Gasteiger partial charge in [-0.2, -0.15) is 5.26 Å². The van der Waals surface area contributed by atoms with Gasteiger partial charge in [0.2, 0.25) is 0 Å². The molecule has 1 heterocycles. The molecule has 3 aromatic rings. The molecular weight excluding hydrogens is 408 g/mol. The molecule has 156 valence electrons. The predicted octanol–water partition coefficient (Wildman–Crippen LogP) is 5.50. The second kappa shape index (κ2) is 9.15. The van der Waals surface area contributed by atoms with E-state index in [1.165, 1.54) is 11.3 Å². The standard InChI is InChI=1S/C25H22N2O3S/c1-2-30-25(29)22-20-12-5-6-13-21(20)31-24(22)27-23(28)18(15-26)14-17-10-7-9-16-8-3-4-11-19(16)17/h3-4,7-11,14H,2,5-6,12-13H2,1H3,(H,27,28)/b18-14+. The van der Waals surface area contributed by atoms with Gasteiger partial charge in [0.25, 0.3) is 5.91 Å². The molecule has 0 saturated heterocycles. The van der Waals surface area contributed by atoms with Crippen LogP contribution >= 0.6 is 11.3 Å². The van der Waals surface area contributed by atoms with Crippen LogP contribution < -0.4 is 5.32 Å². The lowest BCUT2D eigenvalue weighted by atomic mass is 9.95. The van der Waals surface area contributed by atoms with Gasteiger partial charge in [-0.1, -0.05) is 42.5 Å². The van der Waals surface area contributed by atoms with Gasteiger partial charge in [-0.3, -0.25) is 4.79 Å². The van der Waals surface area contributed by atoms with Crippen molar-refractivity contribution < 1.29 is 14.3 Å².